The van der Waals surface area contributed by atoms with E-state index in [1.54, 1.807) is 4.90 Å². The molecule has 0 saturated carbocycles. The smallest absolute Gasteiger partial charge is 0.241 e. The number of rotatable bonds is 3. The molecule has 5 nitrogen and oxygen atoms in total. The zero-order valence-electron chi connectivity index (χ0n) is 13.9. The molecule has 2 aliphatic rings. The lowest BCUT2D eigenvalue weighted by atomic mass is 10.0. The van der Waals surface area contributed by atoms with E-state index in [0.29, 0.717) is 12.5 Å². The number of carbonyl (C=O) groups is 1. The summed E-state index contributed by atoms with van der Waals surface area (Å²) in [7, 11) is -3.11. The van der Waals surface area contributed by atoms with Crippen molar-refractivity contribution in [2.45, 2.75) is 32.9 Å². The van der Waals surface area contributed by atoms with E-state index in [9.17, 15) is 13.2 Å². The summed E-state index contributed by atoms with van der Waals surface area (Å²) in [5.41, 5.74) is 1.88. The predicted molar refractivity (Wildman–Crippen MR) is 91.3 cm³/mol. The average molecular weight is 336 g/mol. The quantitative estimate of drug-likeness (QED) is 0.839. The number of fused-ring (bicyclic) bond motifs is 1. The van der Waals surface area contributed by atoms with Crippen molar-refractivity contribution < 1.29 is 13.2 Å². The Kier molecular flexibility index (Phi) is 4.23. The minimum atomic E-state index is -3.11. The van der Waals surface area contributed by atoms with Crippen molar-refractivity contribution in [3.63, 3.8) is 0 Å². The van der Waals surface area contributed by atoms with Gasteiger partial charge in [-0.25, -0.2) is 8.42 Å². The van der Waals surface area contributed by atoms with Crippen LogP contribution in [0.4, 0.5) is 5.69 Å². The lowest BCUT2D eigenvalue weighted by molar-refractivity contribution is -0.123. The lowest BCUT2D eigenvalue weighted by Gasteiger charge is -2.44. The Labute approximate surface area is 138 Å². The molecule has 126 valence electrons. The van der Waals surface area contributed by atoms with Crippen LogP contribution in [0.15, 0.2) is 24.3 Å². The highest BCUT2D eigenvalue weighted by molar-refractivity contribution is 7.91. The summed E-state index contributed by atoms with van der Waals surface area (Å²) in [4.78, 5) is 16.5. The maximum atomic E-state index is 12.7. The molecular weight excluding hydrogens is 312 g/mol. The van der Waals surface area contributed by atoms with Crippen LogP contribution in [0.5, 0.6) is 0 Å². The van der Waals surface area contributed by atoms with Crippen LogP contribution in [-0.4, -0.2) is 55.9 Å². The summed E-state index contributed by atoms with van der Waals surface area (Å²) in [6.07, 6.45) is 0. The first-order valence-corrected chi connectivity index (χ1v) is 9.92. The molecule has 0 aromatic heterocycles. The van der Waals surface area contributed by atoms with Gasteiger partial charge in [0.15, 0.2) is 9.84 Å². The Hall–Kier alpha value is -1.40. The standard InChI is InChI=1S/C17H24N2O3S/c1-12(2)8-18-9-17(20)19(14-6-4-5-13(3)7-14)16-11-23(21,22)10-15(16)18/h4-7,12,15-16H,8-11H2,1-3H3. The minimum Gasteiger partial charge on any atom is -0.306 e. The van der Waals surface area contributed by atoms with E-state index in [-0.39, 0.29) is 29.5 Å². The van der Waals surface area contributed by atoms with Crippen molar-refractivity contribution in [1.29, 1.82) is 0 Å². The van der Waals surface area contributed by atoms with Gasteiger partial charge in [0.2, 0.25) is 5.91 Å². The molecule has 3 rings (SSSR count). The molecule has 0 aliphatic carbocycles. The van der Waals surface area contributed by atoms with E-state index < -0.39 is 9.84 Å². The normalized spacial score (nSPS) is 27.5. The predicted octanol–water partition coefficient (Wildman–Crippen LogP) is 1.47. The van der Waals surface area contributed by atoms with Gasteiger partial charge in [-0.15, -0.1) is 0 Å². The molecule has 1 amide bonds. The van der Waals surface area contributed by atoms with Crippen molar-refractivity contribution in [3.8, 4) is 0 Å². The second kappa shape index (κ2) is 5.91. The minimum absolute atomic E-state index is 0.00500. The van der Waals surface area contributed by atoms with E-state index >= 15 is 0 Å². The van der Waals surface area contributed by atoms with Gasteiger partial charge in [0.1, 0.15) is 0 Å². The number of sulfone groups is 1. The van der Waals surface area contributed by atoms with Gasteiger partial charge < -0.3 is 4.90 Å². The molecule has 6 heteroatoms. The van der Waals surface area contributed by atoms with Gasteiger partial charge in [-0.3, -0.25) is 9.69 Å². The van der Waals surface area contributed by atoms with Crippen LogP contribution in [0.3, 0.4) is 0 Å². The van der Waals surface area contributed by atoms with Crippen molar-refractivity contribution >= 4 is 21.4 Å². The second-order valence-electron chi connectivity index (χ2n) is 7.14. The zero-order chi connectivity index (χ0) is 16.8. The zero-order valence-corrected chi connectivity index (χ0v) is 14.7. The van der Waals surface area contributed by atoms with Crippen LogP contribution < -0.4 is 4.90 Å². The highest BCUT2D eigenvalue weighted by Crippen LogP contribution is 2.32. The molecule has 0 N–H and O–H groups in total. The van der Waals surface area contributed by atoms with Gasteiger partial charge in [0.05, 0.1) is 24.1 Å². The van der Waals surface area contributed by atoms with Crippen molar-refractivity contribution in [2.24, 2.45) is 5.92 Å². The van der Waals surface area contributed by atoms with Gasteiger partial charge in [-0.05, 0) is 30.5 Å². The number of carbonyl (C=O) groups excluding carboxylic acids is 1. The van der Waals surface area contributed by atoms with Gasteiger partial charge >= 0.3 is 0 Å². The van der Waals surface area contributed by atoms with Crippen molar-refractivity contribution in [3.05, 3.63) is 29.8 Å². The van der Waals surface area contributed by atoms with Crippen LogP contribution in [0.1, 0.15) is 19.4 Å². The second-order valence-corrected chi connectivity index (χ2v) is 9.29. The van der Waals surface area contributed by atoms with Crippen LogP contribution in [-0.2, 0) is 14.6 Å². The molecule has 2 unspecified atom stereocenters. The Morgan fingerprint density at radius 2 is 1.91 bits per heavy atom. The first-order chi connectivity index (χ1) is 10.8. The number of amides is 1. The van der Waals surface area contributed by atoms with E-state index in [4.69, 9.17) is 0 Å². The summed E-state index contributed by atoms with van der Waals surface area (Å²) < 4.78 is 24.4. The third-order valence-electron chi connectivity index (χ3n) is 4.58. The molecule has 1 aromatic carbocycles. The third-order valence-corrected chi connectivity index (χ3v) is 6.28. The number of anilines is 1. The van der Waals surface area contributed by atoms with Crippen LogP contribution >= 0.6 is 0 Å². The molecule has 0 bridgehead atoms. The highest BCUT2D eigenvalue weighted by atomic mass is 32.2. The maximum absolute atomic E-state index is 12.7. The number of piperazine rings is 1. The van der Waals surface area contributed by atoms with Gasteiger partial charge in [-0.2, -0.15) is 0 Å². The van der Waals surface area contributed by atoms with Gasteiger partial charge in [0, 0.05) is 18.3 Å². The Balaban J connectivity index is 1.98. The van der Waals surface area contributed by atoms with Gasteiger partial charge in [-0.1, -0.05) is 26.0 Å². The fourth-order valence-corrected chi connectivity index (χ4v) is 5.72. The molecule has 2 heterocycles. The molecule has 23 heavy (non-hydrogen) atoms. The molecule has 0 radical (unpaired) electrons. The Morgan fingerprint density at radius 3 is 2.57 bits per heavy atom. The molecule has 0 spiro atoms. The molecule has 1 aromatic rings. The van der Waals surface area contributed by atoms with Gasteiger partial charge in [0.25, 0.3) is 0 Å². The monoisotopic (exact) mass is 336 g/mol. The van der Waals surface area contributed by atoms with Crippen molar-refractivity contribution in [1.82, 2.24) is 4.90 Å². The fraction of sp³-hybridized carbons (Fsp3) is 0.588. The number of benzene rings is 1. The maximum Gasteiger partial charge on any atom is 0.241 e. The van der Waals surface area contributed by atoms with E-state index in [2.05, 4.69) is 18.7 Å². The number of hydrogen-bond acceptors (Lipinski definition) is 4. The van der Waals surface area contributed by atoms with Crippen LogP contribution in [0.25, 0.3) is 0 Å². The topological polar surface area (TPSA) is 57.7 Å². The number of nitrogens with zero attached hydrogens (tertiary/aromatic N) is 2. The summed E-state index contributed by atoms with van der Waals surface area (Å²) in [5, 5.41) is 0. The van der Waals surface area contributed by atoms with E-state index in [0.717, 1.165) is 17.8 Å². The SMILES string of the molecule is Cc1cccc(N2C(=O)CN(CC(C)C)C3CS(=O)(=O)CC32)c1. The average Bonchev–Trinajstić information content (AvgIpc) is 2.73. The first kappa shape index (κ1) is 16.5. The fourth-order valence-electron chi connectivity index (χ4n) is 3.74. The Morgan fingerprint density at radius 1 is 1.22 bits per heavy atom. The molecule has 2 fully saturated rings. The highest BCUT2D eigenvalue weighted by Gasteiger charge is 2.49. The first-order valence-electron chi connectivity index (χ1n) is 8.10. The summed E-state index contributed by atoms with van der Waals surface area (Å²) in [6.45, 7) is 7.21. The largest absolute Gasteiger partial charge is 0.306 e. The molecule has 2 atom stereocenters. The molecule has 2 saturated heterocycles. The Bertz CT molecular complexity index is 714. The molecular formula is C17H24N2O3S. The van der Waals surface area contributed by atoms with Crippen LogP contribution in [0.2, 0.25) is 0 Å². The lowest BCUT2D eigenvalue weighted by Crippen LogP contribution is -2.62. The molecule has 2 aliphatic heterocycles. The summed E-state index contributed by atoms with van der Waals surface area (Å²) in [5.74, 6) is 0.609. The van der Waals surface area contributed by atoms with Crippen LogP contribution in [0, 0.1) is 12.8 Å². The van der Waals surface area contributed by atoms with E-state index in [1.165, 1.54) is 0 Å². The summed E-state index contributed by atoms with van der Waals surface area (Å²) in [6, 6.07) is 7.37. The third kappa shape index (κ3) is 3.28. The van der Waals surface area contributed by atoms with E-state index in [1.807, 2.05) is 31.2 Å². The number of hydrogen-bond donors (Lipinski definition) is 0. The summed E-state index contributed by atoms with van der Waals surface area (Å²) >= 11 is 0. The van der Waals surface area contributed by atoms with Crippen molar-refractivity contribution in [2.75, 3.05) is 29.5 Å². The number of aryl methyl sites for hydroxylation is 1.